The van der Waals surface area contributed by atoms with Crippen LogP contribution in [0, 0.1) is 5.92 Å². The molecule has 3 rings (SSSR count). The summed E-state index contributed by atoms with van der Waals surface area (Å²) in [7, 11) is 2.21. The second-order valence-electron chi connectivity index (χ2n) is 7.08. The van der Waals surface area contributed by atoms with Crippen LogP contribution in [-0.4, -0.2) is 50.9 Å². The molecule has 0 spiro atoms. The lowest BCUT2D eigenvalue weighted by Gasteiger charge is -2.28. The van der Waals surface area contributed by atoms with Crippen molar-refractivity contribution < 1.29 is 9.47 Å². The molecule has 142 valence electrons. The standard InChI is InChI=1S/C19H29BrN2O2.ClH/c1-22(12-15-5-3-9-21-11-15)13-16-6-2-8-18(20)19(16)24-14-17-7-4-10-23-17;/h2,6,8,15,17,21H,3-5,7,9-14H2,1H3;1H. The van der Waals surface area contributed by atoms with E-state index in [1.807, 2.05) is 0 Å². The Balaban J connectivity index is 0.00000225. The number of nitrogens with one attached hydrogen (secondary N) is 1. The molecule has 2 fully saturated rings. The van der Waals surface area contributed by atoms with Crippen molar-refractivity contribution in [3.8, 4) is 5.75 Å². The van der Waals surface area contributed by atoms with Crippen LogP contribution in [0.25, 0.3) is 0 Å². The van der Waals surface area contributed by atoms with E-state index in [0.29, 0.717) is 6.61 Å². The summed E-state index contributed by atoms with van der Waals surface area (Å²) in [4.78, 5) is 2.42. The zero-order chi connectivity index (χ0) is 16.8. The van der Waals surface area contributed by atoms with Gasteiger partial charge >= 0.3 is 0 Å². The van der Waals surface area contributed by atoms with Crippen molar-refractivity contribution >= 4 is 28.3 Å². The van der Waals surface area contributed by atoms with Crippen LogP contribution < -0.4 is 10.1 Å². The SMILES string of the molecule is CN(Cc1cccc(Br)c1OCC1CCCO1)CC1CCCNC1.Cl. The van der Waals surface area contributed by atoms with E-state index in [4.69, 9.17) is 9.47 Å². The van der Waals surface area contributed by atoms with Crippen LogP contribution in [0.5, 0.6) is 5.75 Å². The van der Waals surface area contributed by atoms with Crippen molar-refractivity contribution in [1.82, 2.24) is 10.2 Å². The average Bonchev–Trinajstić information content (AvgIpc) is 3.08. The van der Waals surface area contributed by atoms with Crippen LogP contribution >= 0.6 is 28.3 Å². The Kier molecular flexibility index (Phi) is 9.00. The van der Waals surface area contributed by atoms with E-state index in [0.717, 1.165) is 55.2 Å². The molecule has 25 heavy (non-hydrogen) atoms. The molecular weight excluding hydrogens is 404 g/mol. The second kappa shape index (κ2) is 10.7. The Bertz CT molecular complexity index is 520. The summed E-state index contributed by atoms with van der Waals surface area (Å²) in [6, 6.07) is 6.32. The van der Waals surface area contributed by atoms with Gasteiger partial charge in [-0.2, -0.15) is 0 Å². The highest BCUT2D eigenvalue weighted by Crippen LogP contribution is 2.31. The number of rotatable bonds is 7. The highest BCUT2D eigenvalue weighted by molar-refractivity contribution is 9.10. The van der Waals surface area contributed by atoms with Crippen molar-refractivity contribution in [2.24, 2.45) is 5.92 Å². The summed E-state index contributed by atoms with van der Waals surface area (Å²) in [6.07, 6.45) is 5.13. The first kappa shape index (κ1) is 21.0. The second-order valence-corrected chi connectivity index (χ2v) is 7.94. The van der Waals surface area contributed by atoms with Crippen molar-refractivity contribution in [3.05, 3.63) is 28.2 Å². The van der Waals surface area contributed by atoms with Crippen LogP contribution in [0.15, 0.2) is 22.7 Å². The third kappa shape index (κ3) is 6.40. The van der Waals surface area contributed by atoms with E-state index in [1.54, 1.807) is 0 Å². The van der Waals surface area contributed by atoms with E-state index in [1.165, 1.54) is 24.9 Å². The molecule has 2 atom stereocenters. The van der Waals surface area contributed by atoms with E-state index in [-0.39, 0.29) is 18.5 Å². The summed E-state index contributed by atoms with van der Waals surface area (Å²) in [6.45, 7) is 5.88. The minimum atomic E-state index is 0. The molecule has 6 heteroatoms. The molecule has 0 bridgehead atoms. The lowest BCUT2D eigenvalue weighted by atomic mass is 9.99. The number of hydrogen-bond acceptors (Lipinski definition) is 4. The van der Waals surface area contributed by atoms with E-state index in [2.05, 4.69) is 51.4 Å². The summed E-state index contributed by atoms with van der Waals surface area (Å²) in [5.41, 5.74) is 1.24. The van der Waals surface area contributed by atoms with Gasteiger partial charge in [0, 0.05) is 25.3 Å². The molecule has 0 saturated carbocycles. The zero-order valence-electron chi connectivity index (χ0n) is 15.0. The van der Waals surface area contributed by atoms with Gasteiger partial charge in [-0.1, -0.05) is 12.1 Å². The van der Waals surface area contributed by atoms with Crippen LogP contribution in [0.2, 0.25) is 0 Å². The van der Waals surface area contributed by atoms with Gasteiger partial charge in [-0.05, 0) is 73.7 Å². The predicted octanol–water partition coefficient (Wildman–Crippen LogP) is 3.86. The number of halogens is 2. The summed E-state index contributed by atoms with van der Waals surface area (Å²) >= 11 is 3.65. The largest absolute Gasteiger partial charge is 0.489 e. The van der Waals surface area contributed by atoms with E-state index in [9.17, 15) is 0 Å². The lowest BCUT2D eigenvalue weighted by molar-refractivity contribution is 0.0670. The smallest absolute Gasteiger partial charge is 0.138 e. The molecule has 1 N–H and O–H groups in total. The number of nitrogens with zero attached hydrogens (tertiary/aromatic N) is 1. The Morgan fingerprint density at radius 2 is 2.20 bits per heavy atom. The van der Waals surface area contributed by atoms with Gasteiger partial charge < -0.3 is 19.7 Å². The molecular formula is C19H30BrClN2O2. The first-order chi connectivity index (χ1) is 11.7. The fraction of sp³-hybridized carbons (Fsp3) is 0.684. The van der Waals surface area contributed by atoms with Gasteiger partial charge in [-0.3, -0.25) is 0 Å². The number of benzene rings is 1. The quantitative estimate of drug-likeness (QED) is 0.708. The van der Waals surface area contributed by atoms with Crippen LogP contribution in [0.4, 0.5) is 0 Å². The maximum atomic E-state index is 6.13. The Labute approximate surface area is 166 Å². The van der Waals surface area contributed by atoms with Crippen LogP contribution in [0.3, 0.4) is 0 Å². The van der Waals surface area contributed by atoms with Gasteiger partial charge in [-0.25, -0.2) is 0 Å². The molecule has 2 aliphatic rings. The maximum absolute atomic E-state index is 6.13. The van der Waals surface area contributed by atoms with Gasteiger partial charge in [0.05, 0.1) is 10.6 Å². The lowest BCUT2D eigenvalue weighted by Crippen LogP contribution is -2.36. The van der Waals surface area contributed by atoms with Gasteiger partial charge in [0.15, 0.2) is 0 Å². The highest BCUT2D eigenvalue weighted by Gasteiger charge is 2.19. The third-order valence-electron chi connectivity index (χ3n) is 4.90. The maximum Gasteiger partial charge on any atom is 0.138 e. The van der Waals surface area contributed by atoms with Gasteiger partial charge in [0.2, 0.25) is 0 Å². The highest BCUT2D eigenvalue weighted by atomic mass is 79.9. The zero-order valence-corrected chi connectivity index (χ0v) is 17.4. The van der Waals surface area contributed by atoms with Crippen molar-refractivity contribution in [2.75, 3.05) is 39.9 Å². The first-order valence-corrected chi connectivity index (χ1v) is 9.92. The van der Waals surface area contributed by atoms with E-state index < -0.39 is 0 Å². The molecule has 2 unspecified atom stereocenters. The number of hydrogen-bond donors (Lipinski definition) is 1. The van der Waals surface area contributed by atoms with Gasteiger partial charge in [0.1, 0.15) is 12.4 Å². The Hall–Kier alpha value is -0.330. The molecule has 0 amide bonds. The molecule has 2 saturated heterocycles. The van der Waals surface area contributed by atoms with Crippen molar-refractivity contribution in [1.29, 1.82) is 0 Å². The number of para-hydroxylation sites is 1. The minimum Gasteiger partial charge on any atom is -0.489 e. The summed E-state index contributed by atoms with van der Waals surface area (Å²) in [5.74, 6) is 1.73. The Morgan fingerprint density at radius 3 is 2.92 bits per heavy atom. The molecule has 0 aliphatic carbocycles. The predicted molar refractivity (Wildman–Crippen MR) is 108 cm³/mol. The first-order valence-electron chi connectivity index (χ1n) is 9.13. The van der Waals surface area contributed by atoms with Gasteiger partial charge in [0.25, 0.3) is 0 Å². The van der Waals surface area contributed by atoms with E-state index >= 15 is 0 Å². The monoisotopic (exact) mass is 432 g/mol. The van der Waals surface area contributed by atoms with Crippen molar-refractivity contribution in [2.45, 2.75) is 38.3 Å². The molecule has 1 aromatic carbocycles. The molecule has 2 aliphatic heterocycles. The molecule has 0 radical (unpaired) electrons. The third-order valence-corrected chi connectivity index (χ3v) is 5.52. The number of ether oxygens (including phenoxy) is 2. The fourth-order valence-electron chi connectivity index (χ4n) is 3.67. The average molecular weight is 434 g/mol. The summed E-state index contributed by atoms with van der Waals surface area (Å²) < 4.78 is 12.8. The molecule has 1 aromatic rings. The molecule has 4 nitrogen and oxygen atoms in total. The van der Waals surface area contributed by atoms with Gasteiger partial charge in [-0.15, -0.1) is 12.4 Å². The van der Waals surface area contributed by atoms with Crippen molar-refractivity contribution in [3.63, 3.8) is 0 Å². The minimum absolute atomic E-state index is 0. The number of piperidine rings is 1. The molecule has 2 heterocycles. The van der Waals surface area contributed by atoms with Crippen LogP contribution in [-0.2, 0) is 11.3 Å². The normalized spacial score (nSPS) is 23.5. The fourth-order valence-corrected chi connectivity index (χ4v) is 4.19. The summed E-state index contributed by atoms with van der Waals surface area (Å²) in [5, 5.41) is 3.50. The topological polar surface area (TPSA) is 33.7 Å². The Morgan fingerprint density at radius 1 is 1.32 bits per heavy atom. The molecule has 0 aromatic heterocycles. The van der Waals surface area contributed by atoms with Crippen LogP contribution in [0.1, 0.15) is 31.2 Å².